The van der Waals surface area contributed by atoms with Gasteiger partial charge >= 0.3 is 0 Å². The highest BCUT2D eigenvalue weighted by Gasteiger charge is 2.24. The van der Waals surface area contributed by atoms with Crippen LogP contribution in [0.4, 0.5) is 0 Å². The number of pyridine rings is 1. The van der Waals surface area contributed by atoms with Gasteiger partial charge < -0.3 is 10.1 Å². The Morgan fingerprint density at radius 1 is 1.45 bits per heavy atom. The first kappa shape index (κ1) is 14.8. The van der Waals surface area contributed by atoms with Gasteiger partial charge in [0.15, 0.2) is 0 Å². The average molecular weight is 273 g/mol. The summed E-state index contributed by atoms with van der Waals surface area (Å²) < 4.78 is 5.72. The summed E-state index contributed by atoms with van der Waals surface area (Å²) in [5.74, 6) is 0.828. The molecule has 0 aromatic carbocycles. The van der Waals surface area contributed by atoms with Crippen LogP contribution in [0.2, 0.25) is 0 Å². The lowest BCUT2D eigenvalue weighted by Crippen LogP contribution is -2.37. The number of rotatable bonds is 5. The molecule has 0 spiro atoms. The topological polar surface area (TPSA) is 57.9 Å². The Morgan fingerprint density at radius 2 is 2.25 bits per heavy atom. The molecule has 4 heteroatoms. The van der Waals surface area contributed by atoms with Crippen molar-refractivity contribution in [3.8, 4) is 11.9 Å². The first-order chi connectivity index (χ1) is 9.70. The van der Waals surface area contributed by atoms with E-state index in [1.807, 2.05) is 26.0 Å². The van der Waals surface area contributed by atoms with Crippen LogP contribution in [0.3, 0.4) is 0 Å². The molecular weight excluding hydrogens is 250 g/mol. The van der Waals surface area contributed by atoms with Crippen molar-refractivity contribution in [2.45, 2.75) is 58.2 Å². The Labute approximate surface area is 121 Å². The molecule has 1 aliphatic carbocycles. The fourth-order valence-electron chi connectivity index (χ4n) is 2.66. The van der Waals surface area contributed by atoms with E-state index in [1.54, 1.807) is 6.20 Å². The third kappa shape index (κ3) is 3.94. The summed E-state index contributed by atoms with van der Waals surface area (Å²) >= 11 is 0. The van der Waals surface area contributed by atoms with Gasteiger partial charge in [-0.2, -0.15) is 5.26 Å². The summed E-state index contributed by atoms with van der Waals surface area (Å²) in [6.07, 6.45) is 6.34. The molecular formula is C16H23N3O. The lowest BCUT2D eigenvalue weighted by molar-refractivity contribution is 0.228. The predicted octanol–water partition coefficient (Wildman–Crippen LogP) is 3.04. The van der Waals surface area contributed by atoms with Gasteiger partial charge in [0.05, 0.1) is 18.1 Å². The molecule has 1 saturated carbocycles. The monoisotopic (exact) mass is 273 g/mol. The molecule has 0 amide bonds. The minimum atomic E-state index is 0.116. The van der Waals surface area contributed by atoms with Gasteiger partial charge in [-0.05, 0) is 32.8 Å². The Morgan fingerprint density at radius 3 is 3.00 bits per heavy atom. The van der Waals surface area contributed by atoms with E-state index in [0.717, 1.165) is 18.4 Å². The summed E-state index contributed by atoms with van der Waals surface area (Å²) in [4.78, 5) is 4.29. The van der Waals surface area contributed by atoms with E-state index >= 15 is 0 Å². The molecule has 0 bridgehead atoms. The van der Waals surface area contributed by atoms with E-state index in [9.17, 15) is 5.26 Å². The molecule has 108 valence electrons. The second-order valence-corrected chi connectivity index (χ2v) is 5.64. The van der Waals surface area contributed by atoms with Crippen LogP contribution in [0.5, 0.6) is 5.88 Å². The fourth-order valence-corrected chi connectivity index (χ4v) is 2.66. The molecule has 4 nitrogen and oxygen atoms in total. The maximum atomic E-state index is 9.21. The first-order valence-electron chi connectivity index (χ1n) is 7.44. The molecule has 1 aliphatic rings. The number of nitrogens with zero attached hydrogens (tertiary/aromatic N) is 2. The zero-order chi connectivity index (χ0) is 14.4. The second kappa shape index (κ2) is 7.25. The van der Waals surface area contributed by atoms with Gasteiger partial charge in [-0.1, -0.05) is 18.9 Å². The lowest BCUT2D eigenvalue weighted by atomic mass is 9.85. The smallest absolute Gasteiger partial charge is 0.218 e. The van der Waals surface area contributed by atoms with Gasteiger partial charge in [0, 0.05) is 24.3 Å². The highest BCUT2D eigenvalue weighted by molar-refractivity contribution is 5.25. The van der Waals surface area contributed by atoms with Gasteiger partial charge in [0.1, 0.15) is 0 Å². The van der Waals surface area contributed by atoms with E-state index in [1.165, 1.54) is 12.8 Å². The van der Waals surface area contributed by atoms with Gasteiger partial charge in [0.25, 0.3) is 0 Å². The maximum Gasteiger partial charge on any atom is 0.218 e. The number of hydrogen-bond acceptors (Lipinski definition) is 4. The van der Waals surface area contributed by atoms with Gasteiger partial charge in [-0.3, -0.25) is 0 Å². The number of nitriles is 1. The van der Waals surface area contributed by atoms with Crippen LogP contribution in [0, 0.1) is 17.2 Å². The van der Waals surface area contributed by atoms with Crippen molar-refractivity contribution in [1.82, 2.24) is 10.3 Å². The normalized spacial score (nSPS) is 22.5. The van der Waals surface area contributed by atoms with Crippen LogP contribution < -0.4 is 10.1 Å². The second-order valence-electron chi connectivity index (χ2n) is 5.64. The van der Waals surface area contributed by atoms with Crippen LogP contribution in [-0.4, -0.2) is 17.1 Å². The van der Waals surface area contributed by atoms with Crippen LogP contribution in [-0.2, 0) is 6.54 Å². The van der Waals surface area contributed by atoms with Crippen molar-refractivity contribution in [1.29, 1.82) is 5.26 Å². The molecule has 1 aromatic heterocycles. The summed E-state index contributed by atoms with van der Waals surface area (Å²) in [6, 6.07) is 6.67. The Bertz CT molecular complexity index is 467. The van der Waals surface area contributed by atoms with Crippen molar-refractivity contribution < 1.29 is 4.74 Å². The molecule has 0 saturated heterocycles. The van der Waals surface area contributed by atoms with E-state index < -0.39 is 0 Å². The van der Waals surface area contributed by atoms with Crippen molar-refractivity contribution in [3.63, 3.8) is 0 Å². The molecule has 1 N–H and O–H groups in total. The van der Waals surface area contributed by atoms with Crippen molar-refractivity contribution in [2.75, 3.05) is 0 Å². The van der Waals surface area contributed by atoms with Crippen LogP contribution in [0.25, 0.3) is 0 Å². The summed E-state index contributed by atoms with van der Waals surface area (Å²) in [7, 11) is 0. The zero-order valence-electron chi connectivity index (χ0n) is 12.3. The molecule has 1 fully saturated rings. The predicted molar refractivity (Wildman–Crippen MR) is 78.2 cm³/mol. The van der Waals surface area contributed by atoms with Crippen LogP contribution >= 0.6 is 0 Å². The quantitative estimate of drug-likeness (QED) is 0.896. The fraction of sp³-hybridized carbons (Fsp3) is 0.625. The van der Waals surface area contributed by atoms with E-state index in [0.29, 0.717) is 18.5 Å². The van der Waals surface area contributed by atoms with Crippen molar-refractivity contribution >= 4 is 0 Å². The van der Waals surface area contributed by atoms with Crippen LogP contribution in [0.1, 0.15) is 45.1 Å². The SMILES string of the molecule is CC(C)Oc1ncccc1CNC1CCCCC1C#N. The van der Waals surface area contributed by atoms with Crippen molar-refractivity contribution in [3.05, 3.63) is 23.9 Å². The first-order valence-corrected chi connectivity index (χ1v) is 7.44. The molecule has 2 rings (SSSR count). The van der Waals surface area contributed by atoms with E-state index in [-0.39, 0.29) is 12.0 Å². The summed E-state index contributed by atoms with van der Waals surface area (Å²) in [6.45, 7) is 4.70. The van der Waals surface area contributed by atoms with Gasteiger partial charge in [0.2, 0.25) is 5.88 Å². The highest BCUT2D eigenvalue weighted by Crippen LogP contribution is 2.24. The maximum absolute atomic E-state index is 9.21. The van der Waals surface area contributed by atoms with Gasteiger partial charge in [-0.15, -0.1) is 0 Å². The number of nitrogens with one attached hydrogen (secondary N) is 1. The van der Waals surface area contributed by atoms with E-state index in [2.05, 4.69) is 16.4 Å². The average Bonchev–Trinajstić information content (AvgIpc) is 2.46. The Balaban J connectivity index is 1.98. The summed E-state index contributed by atoms with van der Waals surface area (Å²) in [5, 5.41) is 12.7. The third-order valence-corrected chi connectivity index (χ3v) is 3.68. The molecule has 0 aliphatic heterocycles. The zero-order valence-corrected chi connectivity index (χ0v) is 12.3. The number of aromatic nitrogens is 1. The Kier molecular flexibility index (Phi) is 5.37. The molecule has 2 atom stereocenters. The third-order valence-electron chi connectivity index (χ3n) is 3.68. The largest absolute Gasteiger partial charge is 0.475 e. The number of ether oxygens (including phenoxy) is 1. The number of hydrogen-bond donors (Lipinski definition) is 1. The summed E-state index contributed by atoms with van der Waals surface area (Å²) in [5.41, 5.74) is 1.06. The Hall–Kier alpha value is -1.60. The van der Waals surface area contributed by atoms with Crippen molar-refractivity contribution in [2.24, 2.45) is 5.92 Å². The molecule has 1 heterocycles. The van der Waals surface area contributed by atoms with Gasteiger partial charge in [-0.25, -0.2) is 4.98 Å². The minimum absolute atomic E-state index is 0.116. The molecule has 20 heavy (non-hydrogen) atoms. The molecule has 2 unspecified atom stereocenters. The van der Waals surface area contributed by atoms with Crippen LogP contribution in [0.15, 0.2) is 18.3 Å². The molecule has 0 radical (unpaired) electrons. The van der Waals surface area contributed by atoms with E-state index in [4.69, 9.17) is 4.74 Å². The standard InChI is InChI=1S/C16H23N3O/c1-12(2)20-16-14(7-5-9-18-16)11-19-15-8-4-3-6-13(15)10-17/h5,7,9,12-13,15,19H,3-4,6,8,11H2,1-2H3. The highest BCUT2D eigenvalue weighted by atomic mass is 16.5. The lowest BCUT2D eigenvalue weighted by Gasteiger charge is -2.28. The minimum Gasteiger partial charge on any atom is -0.475 e. The molecule has 1 aromatic rings.